The molecule has 0 spiro atoms. The third-order valence-electron chi connectivity index (χ3n) is 2.95. The van der Waals surface area contributed by atoms with Crippen molar-refractivity contribution in [2.75, 3.05) is 13.2 Å². The normalized spacial score (nSPS) is 18.8. The van der Waals surface area contributed by atoms with Crippen LogP contribution in [-0.4, -0.2) is 19.3 Å². The van der Waals surface area contributed by atoms with Gasteiger partial charge in [-0.05, 0) is 11.6 Å². The van der Waals surface area contributed by atoms with Gasteiger partial charge in [0, 0.05) is 31.1 Å². The molecule has 0 atom stereocenters. The second-order valence-electron chi connectivity index (χ2n) is 3.83. The van der Waals surface area contributed by atoms with Crippen LogP contribution in [0.5, 0.6) is 0 Å². The van der Waals surface area contributed by atoms with Crippen LogP contribution in [0.2, 0.25) is 5.02 Å². The quantitative estimate of drug-likeness (QED) is 0.586. The number of isocyanates is 1. The Morgan fingerprint density at radius 1 is 1.31 bits per heavy atom. The molecule has 4 heteroatoms. The van der Waals surface area contributed by atoms with Crippen molar-refractivity contribution in [3.63, 3.8) is 0 Å². The Labute approximate surface area is 99.1 Å². The standard InChI is InChI=1S/C12H12ClNO2/c13-11-4-2-1-3-10(11)12(14-9-15)5-7-16-8-6-12/h1-4H,5-8H2. The number of nitrogens with zero attached hydrogens (tertiary/aromatic N) is 1. The third kappa shape index (κ3) is 2.03. The van der Waals surface area contributed by atoms with Crippen molar-refractivity contribution < 1.29 is 9.53 Å². The highest BCUT2D eigenvalue weighted by Crippen LogP contribution is 2.39. The predicted octanol–water partition coefficient (Wildman–Crippen LogP) is 2.68. The van der Waals surface area contributed by atoms with E-state index in [2.05, 4.69) is 4.99 Å². The number of rotatable bonds is 2. The molecule has 0 amide bonds. The lowest BCUT2D eigenvalue weighted by atomic mass is 9.83. The SMILES string of the molecule is O=C=NC1(c2ccccc2Cl)CCOCC1. The molecule has 1 fully saturated rings. The molecule has 1 aromatic carbocycles. The molecule has 1 heterocycles. The maximum Gasteiger partial charge on any atom is 0.235 e. The van der Waals surface area contributed by atoms with E-state index < -0.39 is 5.54 Å². The fourth-order valence-corrected chi connectivity index (χ4v) is 2.39. The van der Waals surface area contributed by atoms with E-state index in [0.717, 1.165) is 5.56 Å². The molecule has 84 valence electrons. The lowest BCUT2D eigenvalue weighted by Gasteiger charge is -2.33. The van der Waals surface area contributed by atoms with Gasteiger partial charge in [-0.25, -0.2) is 4.79 Å². The molecular formula is C12H12ClNO2. The minimum absolute atomic E-state index is 0.543. The van der Waals surface area contributed by atoms with Crippen LogP contribution in [0.15, 0.2) is 29.3 Å². The first-order chi connectivity index (χ1) is 7.78. The van der Waals surface area contributed by atoms with Crippen molar-refractivity contribution in [2.24, 2.45) is 4.99 Å². The van der Waals surface area contributed by atoms with Crippen LogP contribution in [0, 0.1) is 0 Å². The van der Waals surface area contributed by atoms with Gasteiger partial charge in [0.2, 0.25) is 6.08 Å². The van der Waals surface area contributed by atoms with Crippen LogP contribution in [0.25, 0.3) is 0 Å². The zero-order valence-corrected chi connectivity index (χ0v) is 9.54. The summed E-state index contributed by atoms with van der Waals surface area (Å²) in [5.74, 6) is 0. The summed E-state index contributed by atoms with van der Waals surface area (Å²) in [6.07, 6.45) is 3.01. The van der Waals surface area contributed by atoms with E-state index in [-0.39, 0.29) is 0 Å². The fourth-order valence-electron chi connectivity index (χ4n) is 2.08. The van der Waals surface area contributed by atoms with Crippen LogP contribution in [0.1, 0.15) is 18.4 Å². The van der Waals surface area contributed by atoms with E-state index in [0.29, 0.717) is 31.1 Å². The van der Waals surface area contributed by atoms with E-state index in [4.69, 9.17) is 16.3 Å². The smallest absolute Gasteiger partial charge is 0.235 e. The minimum atomic E-state index is -0.543. The van der Waals surface area contributed by atoms with E-state index in [9.17, 15) is 4.79 Å². The molecule has 0 unspecified atom stereocenters. The molecule has 1 saturated heterocycles. The highest BCUT2D eigenvalue weighted by Gasteiger charge is 2.35. The molecule has 16 heavy (non-hydrogen) atoms. The minimum Gasteiger partial charge on any atom is -0.381 e. The summed E-state index contributed by atoms with van der Waals surface area (Å²) < 4.78 is 5.30. The van der Waals surface area contributed by atoms with Gasteiger partial charge in [0.1, 0.15) is 5.54 Å². The van der Waals surface area contributed by atoms with Gasteiger partial charge in [-0.1, -0.05) is 29.8 Å². The summed E-state index contributed by atoms with van der Waals surface area (Å²) in [6.45, 7) is 1.19. The highest BCUT2D eigenvalue weighted by atomic mass is 35.5. The average molecular weight is 238 g/mol. The number of ether oxygens (including phenoxy) is 1. The second kappa shape index (κ2) is 4.79. The Morgan fingerprint density at radius 3 is 2.62 bits per heavy atom. The topological polar surface area (TPSA) is 38.7 Å². The third-order valence-corrected chi connectivity index (χ3v) is 3.28. The zero-order valence-electron chi connectivity index (χ0n) is 8.78. The molecule has 0 radical (unpaired) electrons. The average Bonchev–Trinajstić information content (AvgIpc) is 2.31. The Kier molecular flexibility index (Phi) is 3.39. The van der Waals surface area contributed by atoms with Gasteiger partial charge >= 0.3 is 0 Å². The van der Waals surface area contributed by atoms with Crippen molar-refractivity contribution in [1.82, 2.24) is 0 Å². The summed E-state index contributed by atoms with van der Waals surface area (Å²) in [5.41, 5.74) is 0.349. The lowest BCUT2D eigenvalue weighted by Crippen LogP contribution is -2.32. The summed E-state index contributed by atoms with van der Waals surface area (Å²) in [4.78, 5) is 14.6. The Morgan fingerprint density at radius 2 is 2.00 bits per heavy atom. The largest absolute Gasteiger partial charge is 0.381 e. The molecular weight excluding hydrogens is 226 g/mol. The first-order valence-corrected chi connectivity index (χ1v) is 5.58. The maximum atomic E-state index is 10.6. The van der Waals surface area contributed by atoms with E-state index in [1.54, 1.807) is 6.08 Å². The molecule has 0 bridgehead atoms. The Hall–Kier alpha value is -1.15. The van der Waals surface area contributed by atoms with Gasteiger partial charge in [0.15, 0.2) is 0 Å². The van der Waals surface area contributed by atoms with E-state index >= 15 is 0 Å². The first-order valence-electron chi connectivity index (χ1n) is 5.20. The van der Waals surface area contributed by atoms with Gasteiger partial charge in [0.25, 0.3) is 0 Å². The summed E-state index contributed by atoms with van der Waals surface area (Å²) >= 11 is 6.15. The maximum absolute atomic E-state index is 10.6. The van der Waals surface area contributed by atoms with E-state index in [1.807, 2.05) is 24.3 Å². The first kappa shape index (κ1) is 11.3. The lowest BCUT2D eigenvalue weighted by molar-refractivity contribution is 0.0532. The Bertz CT molecular complexity index is 421. The van der Waals surface area contributed by atoms with Crippen molar-refractivity contribution >= 4 is 17.7 Å². The van der Waals surface area contributed by atoms with Gasteiger partial charge < -0.3 is 4.74 Å². The number of aliphatic imine (C=N–C) groups is 1. The second-order valence-corrected chi connectivity index (χ2v) is 4.23. The molecule has 0 aromatic heterocycles. The fraction of sp³-hybridized carbons (Fsp3) is 0.417. The highest BCUT2D eigenvalue weighted by molar-refractivity contribution is 6.31. The van der Waals surface area contributed by atoms with Crippen LogP contribution in [0.4, 0.5) is 0 Å². The molecule has 1 aliphatic rings. The number of benzene rings is 1. The van der Waals surface area contributed by atoms with Crippen LogP contribution in [0.3, 0.4) is 0 Å². The number of carbonyl (C=O) groups excluding carboxylic acids is 1. The van der Waals surface area contributed by atoms with Crippen LogP contribution >= 0.6 is 11.6 Å². The zero-order chi connectivity index (χ0) is 11.4. The van der Waals surface area contributed by atoms with Crippen molar-refractivity contribution in [3.05, 3.63) is 34.9 Å². The summed E-state index contributed by atoms with van der Waals surface area (Å²) in [6, 6.07) is 7.49. The van der Waals surface area contributed by atoms with Gasteiger partial charge in [0.05, 0.1) is 0 Å². The molecule has 1 aromatic rings. The summed E-state index contributed by atoms with van der Waals surface area (Å²) in [7, 11) is 0. The van der Waals surface area contributed by atoms with Crippen LogP contribution in [-0.2, 0) is 15.1 Å². The Balaban J connectivity index is 2.46. The van der Waals surface area contributed by atoms with Crippen molar-refractivity contribution in [3.8, 4) is 0 Å². The monoisotopic (exact) mass is 237 g/mol. The summed E-state index contributed by atoms with van der Waals surface area (Å²) in [5, 5.41) is 0.642. The number of halogens is 1. The van der Waals surface area contributed by atoms with Gasteiger partial charge in [-0.15, -0.1) is 0 Å². The molecule has 0 saturated carbocycles. The van der Waals surface area contributed by atoms with Gasteiger partial charge in [-0.2, -0.15) is 4.99 Å². The molecule has 0 aliphatic carbocycles. The molecule has 3 nitrogen and oxygen atoms in total. The molecule has 2 rings (SSSR count). The van der Waals surface area contributed by atoms with Gasteiger partial charge in [-0.3, -0.25) is 0 Å². The van der Waals surface area contributed by atoms with E-state index in [1.165, 1.54) is 0 Å². The molecule has 0 N–H and O–H groups in total. The van der Waals surface area contributed by atoms with Crippen molar-refractivity contribution in [2.45, 2.75) is 18.4 Å². The number of hydrogen-bond acceptors (Lipinski definition) is 3. The van der Waals surface area contributed by atoms with Crippen molar-refractivity contribution in [1.29, 1.82) is 0 Å². The molecule has 1 aliphatic heterocycles. The van der Waals surface area contributed by atoms with Crippen LogP contribution < -0.4 is 0 Å². The number of hydrogen-bond donors (Lipinski definition) is 0. The predicted molar refractivity (Wildman–Crippen MR) is 61.3 cm³/mol.